The second-order valence-electron chi connectivity index (χ2n) is 12.3. The molecule has 2 fully saturated rings. The van der Waals surface area contributed by atoms with Gasteiger partial charge in [-0.3, -0.25) is 4.79 Å². The lowest BCUT2D eigenvalue weighted by Gasteiger charge is -2.42. The quantitative estimate of drug-likeness (QED) is 0.276. The molecule has 0 N–H and O–H groups in total. The Morgan fingerprint density at radius 1 is 1.18 bits per heavy atom. The molecule has 2 aliphatic heterocycles. The van der Waals surface area contributed by atoms with Crippen LogP contribution >= 0.6 is 11.6 Å². The summed E-state index contributed by atoms with van der Waals surface area (Å²) in [6.45, 7) is 7.82. The maximum absolute atomic E-state index is 13.8. The zero-order chi connectivity index (χ0) is 31.5. The molecule has 0 radical (unpaired) electrons. The van der Waals surface area contributed by atoms with Gasteiger partial charge in [-0.15, -0.1) is 0 Å². The lowest BCUT2D eigenvalue weighted by molar-refractivity contribution is -0.131. The number of halogens is 2. The highest BCUT2D eigenvalue weighted by molar-refractivity contribution is 6.36. The summed E-state index contributed by atoms with van der Waals surface area (Å²) >= 11 is 6.69. The summed E-state index contributed by atoms with van der Waals surface area (Å²) in [5.41, 5.74) is 2.95. The van der Waals surface area contributed by atoms with Crippen molar-refractivity contribution in [2.24, 2.45) is 5.92 Å². The van der Waals surface area contributed by atoms with Crippen LogP contribution in [0.1, 0.15) is 36.9 Å². The predicted molar refractivity (Wildman–Crippen MR) is 174 cm³/mol. The Labute approximate surface area is 268 Å². The predicted octanol–water partition coefficient (Wildman–Crippen LogP) is 5.37. The van der Waals surface area contributed by atoms with E-state index in [0.717, 1.165) is 59.1 Å². The van der Waals surface area contributed by atoms with E-state index >= 15 is 0 Å². The fourth-order valence-corrected chi connectivity index (χ4v) is 6.99. The number of ether oxygens (including phenoxy) is 1. The number of amides is 1. The van der Waals surface area contributed by atoms with Gasteiger partial charge in [0, 0.05) is 55.9 Å². The van der Waals surface area contributed by atoms with Crippen molar-refractivity contribution >= 4 is 39.8 Å². The van der Waals surface area contributed by atoms with E-state index in [0.29, 0.717) is 43.7 Å². The molecule has 9 nitrogen and oxygen atoms in total. The third kappa shape index (κ3) is 6.70. The van der Waals surface area contributed by atoms with Gasteiger partial charge in [-0.1, -0.05) is 48.9 Å². The second-order valence-corrected chi connectivity index (χ2v) is 12.7. The highest BCUT2D eigenvalue weighted by Crippen LogP contribution is 2.37. The largest absolute Gasteiger partial charge is 0.462 e. The molecule has 1 amide bonds. The van der Waals surface area contributed by atoms with Gasteiger partial charge in [0.1, 0.15) is 12.4 Å². The number of nitrogens with zero attached hydrogens (tertiary/aromatic N) is 7. The van der Waals surface area contributed by atoms with Crippen molar-refractivity contribution < 1.29 is 13.9 Å². The van der Waals surface area contributed by atoms with Gasteiger partial charge in [0.25, 0.3) is 5.91 Å². The number of anilines is 2. The van der Waals surface area contributed by atoms with E-state index in [9.17, 15) is 14.4 Å². The molecule has 1 aliphatic carbocycles. The Morgan fingerprint density at radius 3 is 2.71 bits per heavy atom. The van der Waals surface area contributed by atoms with E-state index in [1.165, 1.54) is 24.2 Å². The molecule has 11 heteroatoms. The Bertz CT molecular complexity index is 1620. The zero-order valence-corrected chi connectivity index (χ0v) is 26.5. The maximum atomic E-state index is 13.8. The molecule has 3 aliphatic rings. The van der Waals surface area contributed by atoms with Gasteiger partial charge in [0.2, 0.25) is 0 Å². The average molecular weight is 632 g/mol. The monoisotopic (exact) mass is 631 g/mol. The van der Waals surface area contributed by atoms with Crippen LogP contribution < -0.4 is 14.5 Å². The van der Waals surface area contributed by atoms with Gasteiger partial charge >= 0.3 is 6.01 Å². The van der Waals surface area contributed by atoms with Crippen molar-refractivity contribution in [3.63, 3.8) is 0 Å². The minimum atomic E-state index is -1.02. The minimum absolute atomic E-state index is 0.0785. The van der Waals surface area contributed by atoms with Crippen LogP contribution in [-0.4, -0.2) is 84.6 Å². The summed E-state index contributed by atoms with van der Waals surface area (Å²) in [7, 11) is 2.12. The number of fused-ring (bicyclic) bond motifs is 2. The Morgan fingerprint density at radius 2 is 1.98 bits per heavy atom. The number of aromatic nitrogens is 2. The molecule has 2 aromatic carbocycles. The molecule has 1 atom stereocenters. The molecule has 0 spiro atoms. The first-order chi connectivity index (χ1) is 21.8. The van der Waals surface area contributed by atoms with E-state index in [1.54, 1.807) is 0 Å². The van der Waals surface area contributed by atoms with E-state index in [4.69, 9.17) is 26.3 Å². The van der Waals surface area contributed by atoms with Gasteiger partial charge in [-0.2, -0.15) is 15.2 Å². The van der Waals surface area contributed by atoms with Crippen molar-refractivity contribution in [1.82, 2.24) is 19.8 Å². The molecule has 6 rings (SSSR count). The molecule has 236 valence electrons. The highest BCUT2D eigenvalue weighted by atomic mass is 35.5. The van der Waals surface area contributed by atoms with E-state index in [-0.39, 0.29) is 13.0 Å². The molecular formula is C34H39ClFN7O2. The van der Waals surface area contributed by atoms with Crippen LogP contribution in [0.4, 0.5) is 15.9 Å². The lowest BCUT2D eigenvalue weighted by atomic mass is 9.85. The standard InChI is InChI=1S/C34H39ClFN7O2/c1-23(36)33(44)43-17-16-42(21-26(43)12-14-37)32-27-13-15-41(30-11-5-9-25-8-4-10-28(35)31(25)30)22-29(27)38-34(39-32)45-19-18-40(2)20-24-6-3-7-24/h4-5,8-11,24,26H,1,3,6-7,12-13,15-22H2,2H3/t26-/m0/s1. The van der Waals surface area contributed by atoms with Crippen molar-refractivity contribution in [3.8, 4) is 12.1 Å². The Hall–Kier alpha value is -3.94. The fraction of sp³-hybridized carbons (Fsp3) is 0.471. The number of piperazine rings is 1. The normalized spacial score (nSPS) is 18.5. The number of carbonyl (C=O) groups excluding carboxylic acids is 1. The summed E-state index contributed by atoms with van der Waals surface area (Å²) in [5, 5.41) is 12.3. The van der Waals surface area contributed by atoms with E-state index < -0.39 is 17.8 Å². The lowest BCUT2D eigenvalue weighted by Crippen LogP contribution is -2.55. The number of rotatable bonds is 10. The van der Waals surface area contributed by atoms with Gasteiger partial charge in [0.15, 0.2) is 5.83 Å². The number of benzene rings is 2. The smallest absolute Gasteiger partial charge is 0.318 e. The van der Waals surface area contributed by atoms with Crippen LogP contribution in [-0.2, 0) is 17.8 Å². The van der Waals surface area contributed by atoms with Gasteiger partial charge in [-0.05, 0) is 49.7 Å². The number of carbonyl (C=O) groups is 1. The Balaban J connectivity index is 1.28. The minimum Gasteiger partial charge on any atom is -0.462 e. The molecule has 1 saturated heterocycles. The molecule has 3 aromatic rings. The van der Waals surface area contributed by atoms with Crippen LogP contribution in [0.3, 0.4) is 0 Å². The Kier molecular flexibility index (Phi) is 9.38. The number of hydrogen-bond acceptors (Lipinski definition) is 8. The first kappa shape index (κ1) is 31.1. The van der Waals surface area contributed by atoms with Gasteiger partial charge in [0.05, 0.1) is 35.8 Å². The summed E-state index contributed by atoms with van der Waals surface area (Å²) in [4.78, 5) is 30.5. The summed E-state index contributed by atoms with van der Waals surface area (Å²) < 4.78 is 20.0. The first-order valence-corrected chi connectivity index (χ1v) is 16.1. The molecule has 0 bridgehead atoms. The molecular weight excluding hydrogens is 593 g/mol. The molecule has 1 saturated carbocycles. The first-order valence-electron chi connectivity index (χ1n) is 15.7. The average Bonchev–Trinajstić information content (AvgIpc) is 3.02. The van der Waals surface area contributed by atoms with Crippen molar-refractivity contribution in [1.29, 1.82) is 5.26 Å². The topological polar surface area (TPSA) is 88.8 Å². The van der Waals surface area contributed by atoms with Crippen LogP contribution in [0.15, 0.2) is 48.8 Å². The van der Waals surface area contributed by atoms with Crippen molar-refractivity contribution in [2.75, 3.05) is 62.7 Å². The van der Waals surface area contributed by atoms with Crippen LogP contribution in [0, 0.1) is 17.2 Å². The summed E-state index contributed by atoms with van der Waals surface area (Å²) in [6, 6.07) is 14.1. The van der Waals surface area contributed by atoms with Crippen LogP contribution in [0.2, 0.25) is 5.02 Å². The number of likely N-dealkylation sites (N-methyl/N-ethyl adjacent to an activating group) is 1. The third-order valence-corrected chi connectivity index (χ3v) is 9.61. The van der Waals surface area contributed by atoms with Crippen molar-refractivity contribution in [2.45, 2.75) is 44.7 Å². The zero-order valence-electron chi connectivity index (χ0n) is 25.7. The third-order valence-electron chi connectivity index (χ3n) is 9.30. The second kappa shape index (κ2) is 13.6. The fourth-order valence-electron chi connectivity index (χ4n) is 6.71. The number of hydrogen-bond donors (Lipinski definition) is 0. The highest BCUT2D eigenvalue weighted by Gasteiger charge is 2.35. The van der Waals surface area contributed by atoms with Crippen LogP contribution in [0.5, 0.6) is 6.01 Å². The summed E-state index contributed by atoms with van der Waals surface area (Å²) in [6.07, 6.45) is 4.69. The van der Waals surface area contributed by atoms with Crippen molar-refractivity contribution in [3.05, 3.63) is 65.1 Å². The summed E-state index contributed by atoms with van der Waals surface area (Å²) in [5.74, 6) is -0.254. The van der Waals surface area contributed by atoms with Gasteiger partial charge < -0.3 is 24.3 Å². The van der Waals surface area contributed by atoms with Gasteiger partial charge in [-0.25, -0.2) is 4.39 Å². The van der Waals surface area contributed by atoms with E-state index in [1.807, 2.05) is 18.2 Å². The molecule has 0 unspecified atom stereocenters. The van der Waals surface area contributed by atoms with Crippen LogP contribution in [0.25, 0.3) is 10.8 Å². The van der Waals surface area contributed by atoms with E-state index in [2.05, 4.69) is 52.6 Å². The molecule has 45 heavy (non-hydrogen) atoms. The molecule has 1 aromatic heterocycles. The SMILES string of the molecule is C=C(F)C(=O)N1CCN(c2nc(OCCN(C)CC3CCC3)nc3c2CCN(c2cccc4cccc(Cl)c24)C3)C[C@@H]1CC#N. The molecule has 3 heterocycles. The maximum Gasteiger partial charge on any atom is 0.318 e. The number of nitriles is 1.